The van der Waals surface area contributed by atoms with Crippen molar-refractivity contribution in [2.24, 2.45) is 10.9 Å². The van der Waals surface area contributed by atoms with Crippen LogP contribution in [-0.4, -0.2) is 45.8 Å². The first-order valence-corrected chi connectivity index (χ1v) is 14.2. The van der Waals surface area contributed by atoms with Crippen molar-refractivity contribution in [1.82, 2.24) is 14.3 Å². The van der Waals surface area contributed by atoms with E-state index in [1.165, 1.54) is 49.7 Å². The topological polar surface area (TPSA) is 130 Å². The van der Waals surface area contributed by atoms with Gasteiger partial charge in [-0.2, -0.15) is 9.78 Å². The molecule has 14 heteroatoms. The maximum atomic E-state index is 15.7. The van der Waals surface area contributed by atoms with Gasteiger partial charge in [0.05, 0.1) is 28.1 Å². The van der Waals surface area contributed by atoms with E-state index in [2.05, 4.69) is 10.1 Å². The highest BCUT2D eigenvalue weighted by atomic mass is 35.5. The predicted molar refractivity (Wildman–Crippen MR) is 147 cm³/mol. The Bertz CT molecular complexity index is 1690. The van der Waals surface area contributed by atoms with Gasteiger partial charge in [-0.25, -0.2) is 13.2 Å². The van der Waals surface area contributed by atoms with Crippen molar-refractivity contribution < 1.29 is 32.7 Å². The van der Waals surface area contributed by atoms with Gasteiger partial charge in [0.1, 0.15) is 22.2 Å². The van der Waals surface area contributed by atoms with E-state index < -0.39 is 57.5 Å². The summed E-state index contributed by atoms with van der Waals surface area (Å²) in [6.45, 7) is 4.90. The highest BCUT2D eigenvalue weighted by molar-refractivity contribution is 7.84. The molecule has 0 bridgehead atoms. The van der Waals surface area contributed by atoms with Gasteiger partial charge >= 0.3 is 6.10 Å². The Balaban J connectivity index is 1.75. The quantitative estimate of drug-likeness (QED) is 0.262. The molecule has 41 heavy (non-hydrogen) atoms. The Hall–Kier alpha value is -3.36. The van der Waals surface area contributed by atoms with Gasteiger partial charge in [-0.3, -0.25) is 18.6 Å². The fraction of sp³-hybridized carbons (Fsp3) is 0.296. The molecule has 218 valence electrons. The van der Waals surface area contributed by atoms with Crippen LogP contribution in [0, 0.1) is 24.5 Å². The van der Waals surface area contributed by atoms with Crippen LogP contribution in [0.15, 0.2) is 63.2 Å². The number of aromatic nitrogens is 3. The van der Waals surface area contributed by atoms with Crippen molar-refractivity contribution in [3.63, 3.8) is 0 Å². The van der Waals surface area contributed by atoms with Gasteiger partial charge in [0, 0.05) is 29.6 Å². The van der Waals surface area contributed by atoms with Crippen LogP contribution in [0.5, 0.6) is 0 Å². The summed E-state index contributed by atoms with van der Waals surface area (Å²) in [7, 11) is -1.69. The highest BCUT2D eigenvalue weighted by Gasteiger charge is 2.52. The third-order valence-corrected chi connectivity index (χ3v) is 8.13. The monoisotopic (exact) mass is 610 g/mol. The third kappa shape index (κ3) is 5.86. The number of allylic oxidation sites excluding steroid dienone is 2. The third-order valence-electron chi connectivity index (χ3n) is 6.81. The first kappa shape index (κ1) is 30.6. The number of aliphatic hydroxyl groups is 3. The molecule has 4 rings (SSSR count). The van der Waals surface area contributed by atoms with Gasteiger partial charge in [0.25, 0.3) is 5.56 Å². The number of aryl methyl sites for hydroxylation is 1. The zero-order valence-corrected chi connectivity index (χ0v) is 23.8. The summed E-state index contributed by atoms with van der Waals surface area (Å²) in [6.07, 6.45) is 2.07. The van der Waals surface area contributed by atoms with E-state index in [-0.39, 0.29) is 37.5 Å². The van der Waals surface area contributed by atoms with Crippen LogP contribution < -0.4 is 5.56 Å². The average molecular weight is 611 g/mol. The summed E-state index contributed by atoms with van der Waals surface area (Å²) < 4.78 is 58.4. The molecule has 0 aliphatic heterocycles. The number of benzene rings is 1. The summed E-state index contributed by atoms with van der Waals surface area (Å²) in [5.74, 6) is -4.23. The van der Waals surface area contributed by atoms with Crippen LogP contribution >= 0.6 is 11.6 Å². The normalized spacial score (nSPS) is 20.6. The second-order valence-electron chi connectivity index (χ2n) is 9.56. The lowest BCUT2D eigenvalue weighted by molar-refractivity contribution is -0.381. The van der Waals surface area contributed by atoms with Gasteiger partial charge in [-0.15, -0.1) is 0 Å². The molecule has 9 nitrogen and oxygen atoms in total. The predicted octanol–water partition coefficient (Wildman–Crippen LogP) is 3.87. The fourth-order valence-corrected chi connectivity index (χ4v) is 5.66. The lowest BCUT2D eigenvalue weighted by Crippen LogP contribution is -2.32. The molecule has 1 aliphatic carbocycles. The number of hydrogen-bond donors (Lipinski definition) is 3. The van der Waals surface area contributed by atoms with Gasteiger partial charge in [0.15, 0.2) is 11.6 Å². The average Bonchev–Trinajstić information content (AvgIpc) is 3.37. The number of pyridine rings is 1. The molecule has 1 aliphatic rings. The van der Waals surface area contributed by atoms with Crippen LogP contribution in [0.4, 0.5) is 13.2 Å². The van der Waals surface area contributed by atoms with Crippen molar-refractivity contribution >= 4 is 34.3 Å². The van der Waals surface area contributed by atoms with E-state index in [4.69, 9.17) is 11.6 Å². The summed E-state index contributed by atoms with van der Waals surface area (Å²) in [5.41, 5.74) is -1.05. The van der Waals surface area contributed by atoms with Crippen molar-refractivity contribution in [1.29, 1.82) is 0 Å². The number of hydrogen-bond acceptors (Lipinski definition) is 7. The van der Waals surface area contributed by atoms with E-state index in [1.807, 2.05) is 0 Å². The molecule has 3 aromatic rings. The Kier molecular flexibility index (Phi) is 8.58. The number of nitrogens with zero attached hydrogens (tertiary/aromatic N) is 4. The van der Waals surface area contributed by atoms with Crippen LogP contribution in [0.1, 0.15) is 48.2 Å². The van der Waals surface area contributed by atoms with Crippen molar-refractivity contribution in [3.8, 4) is 0 Å². The molecule has 1 saturated carbocycles. The van der Waals surface area contributed by atoms with Gasteiger partial charge in [-0.1, -0.05) is 30.7 Å². The molecule has 3 N–H and O–H groups in total. The summed E-state index contributed by atoms with van der Waals surface area (Å²) in [4.78, 5) is 17.1. The second-order valence-corrected chi connectivity index (χ2v) is 11.3. The molecule has 2 heterocycles. The Labute approximate surface area is 240 Å². The Morgan fingerprint density at radius 1 is 1.24 bits per heavy atom. The minimum absolute atomic E-state index is 0.138. The maximum absolute atomic E-state index is 15.7. The number of halogens is 4. The number of rotatable bonds is 8. The molecular weight excluding hydrogens is 585 g/mol. The Morgan fingerprint density at radius 2 is 1.93 bits per heavy atom. The smallest absolute Gasteiger partial charge is 0.324 e. The van der Waals surface area contributed by atoms with E-state index >= 15 is 8.78 Å². The van der Waals surface area contributed by atoms with Crippen LogP contribution in [-0.2, 0) is 16.9 Å². The van der Waals surface area contributed by atoms with Crippen LogP contribution in [0.2, 0.25) is 5.02 Å². The first-order chi connectivity index (χ1) is 19.2. The molecule has 4 atom stereocenters. The zero-order valence-electron chi connectivity index (χ0n) is 22.2. The van der Waals surface area contributed by atoms with E-state index in [1.54, 1.807) is 13.8 Å². The van der Waals surface area contributed by atoms with Gasteiger partial charge < -0.3 is 15.3 Å². The minimum Gasteiger partial charge on any atom is -0.324 e. The van der Waals surface area contributed by atoms with Crippen molar-refractivity contribution in [3.05, 3.63) is 98.1 Å². The van der Waals surface area contributed by atoms with E-state index in [0.717, 1.165) is 10.8 Å². The summed E-state index contributed by atoms with van der Waals surface area (Å²) in [6, 6.07) is 5.53. The minimum atomic E-state index is -3.40. The van der Waals surface area contributed by atoms with Gasteiger partial charge in [-0.05, 0) is 49.4 Å². The lowest BCUT2D eigenvalue weighted by atomic mass is 10.1. The van der Waals surface area contributed by atoms with E-state index in [9.17, 15) is 28.7 Å². The largest absolute Gasteiger partial charge is 0.389 e. The fourth-order valence-electron chi connectivity index (χ4n) is 4.75. The molecule has 0 radical (unpaired) electrons. The SMILES string of the molecule is C/C=C/N=C(/C(F)=C/n1c(C)cc(C2C(c3nn(C(O)(O)O)cc3F)[C@H]2C)c(Cl)c1=O)c1cccc(S(C)=O)c1F. The van der Waals surface area contributed by atoms with E-state index in [0.29, 0.717) is 11.8 Å². The molecule has 1 aromatic carbocycles. The molecule has 0 saturated heterocycles. The van der Waals surface area contributed by atoms with Gasteiger partial charge in [0.2, 0.25) is 0 Å². The number of aliphatic imine (C=N–C) groups is 1. The second kappa shape index (κ2) is 11.5. The summed E-state index contributed by atoms with van der Waals surface area (Å²) >= 11 is 6.43. The molecule has 3 unspecified atom stereocenters. The first-order valence-electron chi connectivity index (χ1n) is 12.2. The zero-order chi connectivity index (χ0) is 30.4. The molecular formula is C27H26ClF3N4O5S. The lowest BCUT2D eigenvalue weighted by Gasteiger charge is -2.13. The van der Waals surface area contributed by atoms with Crippen molar-refractivity contribution in [2.45, 2.75) is 43.6 Å². The molecule has 0 amide bonds. The van der Waals surface area contributed by atoms with Crippen molar-refractivity contribution in [2.75, 3.05) is 6.26 Å². The molecule has 2 aromatic heterocycles. The Morgan fingerprint density at radius 3 is 2.51 bits per heavy atom. The maximum Gasteiger partial charge on any atom is 0.389 e. The standard InChI is InChI=1S/C27H26ClF3N4O5S/c1-5-9-32-24(15-7-6-8-19(23(15)31)41(4)40)17(29)11-34-13(2)10-16(22(28)26(34)36)20-14(3)21(20)25-18(30)12-35(33-25)27(37,38)39/h5-12,14,20-21,37-39H,1-4H3/b9-5+,17-11-,32-24+/t14-,20?,21?,41?/m0/s1. The van der Waals surface area contributed by atoms with Crippen LogP contribution in [0.3, 0.4) is 0 Å². The summed E-state index contributed by atoms with van der Waals surface area (Å²) in [5, 5.41) is 31.4. The van der Waals surface area contributed by atoms with Crippen LogP contribution in [0.25, 0.3) is 6.20 Å². The highest BCUT2D eigenvalue weighted by Crippen LogP contribution is 2.61. The molecule has 0 spiro atoms. The molecule has 1 fully saturated rings.